The standard InChI is InChI=1S/C13H15N5O/c19-13(17-11-2-9-1-8(11)4-15-9)12-3-10-5-14-6-18(10)7-16-12/h3,5-9,11,15H,1-2,4H2,(H,17,19)/t8-,9-,11+/m1/s1. The Morgan fingerprint density at radius 2 is 2.37 bits per heavy atom. The highest BCUT2D eigenvalue weighted by Gasteiger charge is 2.40. The molecule has 1 aliphatic heterocycles. The van der Waals surface area contributed by atoms with Crippen molar-refractivity contribution in [3.05, 3.63) is 30.6 Å². The van der Waals surface area contributed by atoms with Crippen molar-refractivity contribution >= 4 is 11.4 Å². The molecule has 98 valence electrons. The Kier molecular flexibility index (Phi) is 2.32. The van der Waals surface area contributed by atoms with E-state index < -0.39 is 0 Å². The van der Waals surface area contributed by atoms with Crippen LogP contribution in [0.25, 0.3) is 5.52 Å². The molecule has 2 aromatic heterocycles. The van der Waals surface area contributed by atoms with Crippen molar-refractivity contribution in [2.24, 2.45) is 5.92 Å². The first-order chi connectivity index (χ1) is 9.29. The summed E-state index contributed by atoms with van der Waals surface area (Å²) in [7, 11) is 0. The zero-order valence-corrected chi connectivity index (χ0v) is 10.4. The molecule has 2 aromatic rings. The van der Waals surface area contributed by atoms with Gasteiger partial charge in [-0.2, -0.15) is 0 Å². The van der Waals surface area contributed by atoms with Gasteiger partial charge in [0.1, 0.15) is 18.3 Å². The molecule has 4 rings (SSSR count). The van der Waals surface area contributed by atoms with Crippen LogP contribution in [-0.4, -0.2) is 38.9 Å². The van der Waals surface area contributed by atoms with Crippen LogP contribution in [0.4, 0.5) is 0 Å². The number of rotatable bonds is 2. The predicted molar refractivity (Wildman–Crippen MR) is 68.8 cm³/mol. The van der Waals surface area contributed by atoms with Crippen LogP contribution in [0.3, 0.4) is 0 Å². The summed E-state index contributed by atoms with van der Waals surface area (Å²) in [6.45, 7) is 1.02. The third-order valence-electron chi connectivity index (χ3n) is 4.21. The maximum Gasteiger partial charge on any atom is 0.270 e. The lowest BCUT2D eigenvalue weighted by atomic mass is 10.0. The van der Waals surface area contributed by atoms with Crippen LogP contribution >= 0.6 is 0 Å². The van der Waals surface area contributed by atoms with E-state index in [4.69, 9.17) is 0 Å². The topological polar surface area (TPSA) is 71.3 Å². The van der Waals surface area contributed by atoms with Crippen molar-refractivity contribution in [3.8, 4) is 0 Å². The molecule has 0 unspecified atom stereocenters. The highest BCUT2D eigenvalue weighted by atomic mass is 16.1. The molecule has 19 heavy (non-hydrogen) atoms. The molecule has 0 spiro atoms. The van der Waals surface area contributed by atoms with Crippen molar-refractivity contribution < 1.29 is 4.79 Å². The molecule has 2 N–H and O–H groups in total. The average Bonchev–Trinajstić information content (AvgIpc) is 3.13. The van der Waals surface area contributed by atoms with Crippen molar-refractivity contribution in [1.82, 2.24) is 25.0 Å². The summed E-state index contributed by atoms with van der Waals surface area (Å²) < 4.78 is 1.79. The lowest BCUT2D eigenvalue weighted by Crippen LogP contribution is -2.44. The van der Waals surface area contributed by atoms with Crippen LogP contribution in [-0.2, 0) is 0 Å². The van der Waals surface area contributed by atoms with E-state index in [1.54, 1.807) is 29.3 Å². The number of carbonyl (C=O) groups excluding carboxylic acids is 1. The number of fused-ring (bicyclic) bond motifs is 3. The van der Waals surface area contributed by atoms with E-state index >= 15 is 0 Å². The Hall–Kier alpha value is -1.95. The van der Waals surface area contributed by atoms with Gasteiger partial charge in [0.15, 0.2) is 0 Å². The number of imidazole rings is 1. The van der Waals surface area contributed by atoms with E-state index in [0.717, 1.165) is 18.5 Å². The van der Waals surface area contributed by atoms with Crippen molar-refractivity contribution in [1.29, 1.82) is 0 Å². The van der Waals surface area contributed by atoms with Crippen LogP contribution in [0.5, 0.6) is 0 Å². The van der Waals surface area contributed by atoms with Crippen LogP contribution in [0.15, 0.2) is 24.9 Å². The lowest BCUT2D eigenvalue weighted by Gasteiger charge is -2.23. The Morgan fingerprint density at radius 3 is 3.16 bits per heavy atom. The van der Waals surface area contributed by atoms with Gasteiger partial charge in [-0.25, -0.2) is 9.97 Å². The molecular weight excluding hydrogens is 242 g/mol. The molecule has 3 heterocycles. The van der Waals surface area contributed by atoms with Crippen LogP contribution in [0.2, 0.25) is 0 Å². The molecular formula is C13H15N5O. The smallest absolute Gasteiger partial charge is 0.270 e. The zero-order chi connectivity index (χ0) is 12.8. The first-order valence-corrected chi connectivity index (χ1v) is 6.61. The third-order valence-corrected chi connectivity index (χ3v) is 4.21. The Balaban J connectivity index is 1.53. The highest BCUT2D eigenvalue weighted by molar-refractivity contribution is 5.93. The van der Waals surface area contributed by atoms with E-state index in [0.29, 0.717) is 23.7 Å². The van der Waals surface area contributed by atoms with Crippen LogP contribution < -0.4 is 10.6 Å². The first kappa shape index (κ1) is 10.9. The van der Waals surface area contributed by atoms with E-state index in [9.17, 15) is 4.79 Å². The number of aromatic nitrogens is 3. The number of nitrogens with one attached hydrogen (secondary N) is 2. The summed E-state index contributed by atoms with van der Waals surface area (Å²) in [6.07, 6.45) is 7.23. The molecule has 6 heteroatoms. The van der Waals surface area contributed by atoms with Crippen molar-refractivity contribution in [3.63, 3.8) is 0 Å². The molecule has 6 nitrogen and oxygen atoms in total. The molecule has 0 aromatic carbocycles. The van der Waals surface area contributed by atoms with E-state index in [2.05, 4.69) is 20.6 Å². The van der Waals surface area contributed by atoms with Gasteiger partial charge in [0, 0.05) is 18.6 Å². The monoisotopic (exact) mass is 257 g/mol. The largest absolute Gasteiger partial charge is 0.348 e. The third kappa shape index (κ3) is 1.79. The summed E-state index contributed by atoms with van der Waals surface area (Å²) in [5, 5.41) is 6.55. The average molecular weight is 257 g/mol. The number of hydrogen-bond donors (Lipinski definition) is 2. The number of amides is 1. The van der Waals surface area contributed by atoms with Gasteiger partial charge in [0.25, 0.3) is 5.91 Å². The van der Waals surface area contributed by atoms with E-state index in [1.807, 2.05) is 0 Å². The number of nitrogens with zero attached hydrogens (tertiary/aromatic N) is 3. The Labute approximate surface area is 110 Å². The van der Waals surface area contributed by atoms with Crippen LogP contribution in [0.1, 0.15) is 23.3 Å². The lowest BCUT2D eigenvalue weighted by molar-refractivity contribution is 0.0920. The van der Waals surface area contributed by atoms with E-state index in [-0.39, 0.29) is 5.91 Å². The van der Waals surface area contributed by atoms with E-state index in [1.165, 1.54) is 6.42 Å². The van der Waals surface area contributed by atoms with Crippen molar-refractivity contribution in [2.45, 2.75) is 24.9 Å². The zero-order valence-electron chi connectivity index (χ0n) is 10.4. The fraction of sp³-hybridized carbons (Fsp3) is 0.462. The molecule has 1 saturated heterocycles. The summed E-state index contributed by atoms with van der Waals surface area (Å²) in [4.78, 5) is 20.4. The molecule has 2 aliphatic rings. The molecule has 3 atom stereocenters. The number of hydrogen-bond acceptors (Lipinski definition) is 4. The fourth-order valence-electron chi connectivity index (χ4n) is 3.20. The molecule has 2 fully saturated rings. The second-order valence-corrected chi connectivity index (χ2v) is 5.42. The minimum absolute atomic E-state index is 0.0822. The second kappa shape index (κ2) is 4.03. The van der Waals surface area contributed by atoms with Gasteiger partial charge in [0.2, 0.25) is 0 Å². The Bertz CT molecular complexity index is 637. The minimum Gasteiger partial charge on any atom is -0.348 e. The Morgan fingerprint density at radius 1 is 1.42 bits per heavy atom. The molecule has 1 saturated carbocycles. The van der Waals surface area contributed by atoms with Gasteiger partial charge in [-0.1, -0.05) is 0 Å². The minimum atomic E-state index is -0.0822. The number of carbonyl (C=O) groups is 1. The van der Waals surface area contributed by atoms with Gasteiger partial charge in [0.05, 0.1) is 11.7 Å². The van der Waals surface area contributed by atoms with Gasteiger partial charge in [-0.15, -0.1) is 0 Å². The quantitative estimate of drug-likeness (QED) is 0.807. The van der Waals surface area contributed by atoms with Gasteiger partial charge in [-0.05, 0) is 24.8 Å². The molecule has 0 radical (unpaired) electrons. The molecule has 1 amide bonds. The first-order valence-electron chi connectivity index (χ1n) is 6.61. The van der Waals surface area contributed by atoms with Crippen molar-refractivity contribution in [2.75, 3.05) is 6.54 Å². The normalized spacial score (nSPS) is 28.9. The maximum absolute atomic E-state index is 12.2. The van der Waals surface area contributed by atoms with Gasteiger partial charge < -0.3 is 10.6 Å². The molecule has 2 bridgehead atoms. The highest BCUT2D eigenvalue weighted by Crippen LogP contribution is 2.31. The predicted octanol–water partition coefficient (Wildman–Crippen LogP) is 0.209. The van der Waals surface area contributed by atoms with Crippen LogP contribution in [0, 0.1) is 5.92 Å². The fourth-order valence-corrected chi connectivity index (χ4v) is 3.20. The van der Waals surface area contributed by atoms with Gasteiger partial charge >= 0.3 is 0 Å². The SMILES string of the molecule is O=C(N[C@H]1C[C@H]2C[C@@H]1CN2)c1cc2cncn2cn1. The summed E-state index contributed by atoms with van der Waals surface area (Å²) in [6, 6.07) is 2.65. The maximum atomic E-state index is 12.2. The summed E-state index contributed by atoms with van der Waals surface area (Å²) >= 11 is 0. The second-order valence-electron chi connectivity index (χ2n) is 5.42. The summed E-state index contributed by atoms with van der Waals surface area (Å²) in [5.41, 5.74) is 1.35. The summed E-state index contributed by atoms with van der Waals surface area (Å²) in [5.74, 6) is 0.494. The molecule has 1 aliphatic carbocycles. The number of piperidine rings is 1. The van der Waals surface area contributed by atoms with Gasteiger partial charge in [-0.3, -0.25) is 9.20 Å².